The Morgan fingerprint density at radius 3 is 2.81 bits per heavy atom. The lowest BCUT2D eigenvalue weighted by Crippen LogP contribution is -2.43. The maximum absolute atomic E-state index is 11.7. The molecule has 0 aliphatic carbocycles. The van der Waals surface area contributed by atoms with E-state index < -0.39 is 0 Å². The number of hydrogen-bond donors (Lipinski definition) is 1. The minimum Gasteiger partial charge on any atom is -0.330 e. The van der Waals surface area contributed by atoms with Crippen LogP contribution < -0.4 is 0 Å². The maximum Gasteiger partial charge on any atom is 0.281 e. The highest BCUT2D eigenvalue weighted by atomic mass is 32.2. The van der Waals surface area contributed by atoms with E-state index in [-0.39, 0.29) is 12.7 Å². The smallest absolute Gasteiger partial charge is 0.281 e. The second-order valence-corrected chi connectivity index (χ2v) is 5.40. The lowest BCUT2D eigenvalue weighted by atomic mass is 10.1. The number of unbranched alkanes of at least 4 members (excludes halogenated alkanes) is 3. The van der Waals surface area contributed by atoms with Crippen molar-refractivity contribution >= 4 is 29.6 Å². The molecule has 1 rings (SSSR count). The normalized spacial score (nSPS) is 20.8. The van der Waals surface area contributed by atoms with Crippen molar-refractivity contribution in [3.63, 3.8) is 0 Å². The number of thiol groups is 1. The third-order valence-electron chi connectivity index (χ3n) is 2.82. The van der Waals surface area contributed by atoms with Gasteiger partial charge in [-0.15, -0.1) is 0 Å². The Labute approximate surface area is 110 Å². The van der Waals surface area contributed by atoms with Crippen molar-refractivity contribution in [2.24, 2.45) is 0 Å². The summed E-state index contributed by atoms with van der Waals surface area (Å²) in [6.45, 7) is 3.13. The van der Waals surface area contributed by atoms with E-state index in [0.29, 0.717) is 6.04 Å². The first-order valence-corrected chi connectivity index (χ1v) is 7.45. The number of carbonyl (C=O) groups is 1. The van der Waals surface area contributed by atoms with Gasteiger partial charge in [0.15, 0.2) is 0 Å². The molecule has 1 aliphatic rings. The van der Waals surface area contributed by atoms with Crippen LogP contribution in [0.1, 0.15) is 46.5 Å². The Morgan fingerprint density at radius 1 is 1.44 bits per heavy atom. The minimum atomic E-state index is 0. The van der Waals surface area contributed by atoms with Crippen molar-refractivity contribution in [2.75, 3.05) is 18.1 Å². The van der Waals surface area contributed by atoms with Gasteiger partial charge in [-0.3, -0.25) is 4.79 Å². The lowest BCUT2D eigenvalue weighted by molar-refractivity contribution is 0.199. The number of thioether (sulfide) groups is 1. The third-order valence-corrected chi connectivity index (χ3v) is 4.16. The molecule has 1 heterocycles. The molecule has 1 saturated heterocycles. The fourth-order valence-corrected chi connectivity index (χ4v) is 3.19. The molecule has 1 fully saturated rings. The Bertz CT molecular complexity index is 199. The van der Waals surface area contributed by atoms with Gasteiger partial charge in [0.1, 0.15) is 0 Å². The van der Waals surface area contributed by atoms with Crippen LogP contribution in [0.5, 0.6) is 0 Å². The van der Waals surface area contributed by atoms with E-state index in [1.807, 2.05) is 4.90 Å². The fraction of sp³-hybridized carbons (Fsp3) is 0.917. The maximum atomic E-state index is 11.7. The summed E-state index contributed by atoms with van der Waals surface area (Å²) in [5.74, 6) is 1.77. The topological polar surface area (TPSA) is 20.3 Å². The van der Waals surface area contributed by atoms with E-state index in [2.05, 4.69) is 19.6 Å². The summed E-state index contributed by atoms with van der Waals surface area (Å²) in [5.41, 5.74) is 0. The summed E-state index contributed by atoms with van der Waals surface area (Å²) >= 11 is 5.79. The van der Waals surface area contributed by atoms with Crippen molar-refractivity contribution in [3.8, 4) is 0 Å². The van der Waals surface area contributed by atoms with Crippen LogP contribution in [0.3, 0.4) is 0 Å². The molecule has 0 bridgehead atoms. The number of hydrogen-bond acceptors (Lipinski definition) is 3. The number of nitrogens with zero attached hydrogens (tertiary/aromatic N) is 1. The molecule has 96 valence electrons. The summed E-state index contributed by atoms with van der Waals surface area (Å²) in [4.78, 5) is 13.7. The van der Waals surface area contributed by atoms with Crippen LogP contribution in [0, 0.1) is 0 Å². The number of rotatable bonds is 6. The highest BCUT2D eigenvalue weighted by molar-refractivity contribution is 8.13. The average molecular weight is 263 g/mol. The SMILES string of the molecule is C.CCCCCCN1C(=O)SCCC1CS. The number of amides is 1. The quantitative estimate of drug-likeness (QED) is 0.576. The van der Waals surface area contributed by atoms with E-state index in [4.69, 9.17) is 0 Å². The Kier molecular flexibility index (Phi) is 9.32. The van der Waals surface area contributed by atoms with Crippen molar-refractivity contribution in [1.82, 2.24) is 4.90 Å². The molecule has 4 heteroatoms. The van der Waals surface area contributed by atoms with Gasteiger partial charge in [0.2, 0.25) is 0 Å². The Balaban J connectivity index is 0.00000225. The van der Waals surface area contributed by atoms with Crippen LogP contribution in [0.4, 0.5) is 4.79 Å². The predicted molar refractivity (Wildman–Crippen MR) is 77.7 cm³/mol. The van der Waals surface area contributed by atoms with E-state index in [1.165, 1.54) is 31.0 Å². The standard InChI is InChI=1S/C11H21NOS2.CH4/c1-2-3-4-5-7-12-10(9-14)6-8-15-11(12)13;/h10,14H,2-9H2,1H3;1H4. The highest BCUT2D eigenvalue weighted by Crippen LogP contribution is 2.24. The summed E-state index contributed by atoms with van der Waals surface area (Å²) in [6.07, 6.45) is 6.02. The van der Waals surface area contributed by atoms with Gasteiger partial charge in [-0.1, -0.05) is 45.4 Å². The molecule has 0 aromatic carbocycles. The van der Waals surface area contributed by atoms with Gasteiger partial charge >= 0.3 is 0 Å². The summed E-state index contributed by atoms with van der Waals surface area (Å²) in [7, 11) is 0. The van der Waals surface area contributed by atoms with Gasteiger partial charge < -0.3 is 4.90 Å². The van der Waals surface area contributed by atoms with Crippen LogP contribution in [-0.4, -0.2) is 34.2 Å². The van der Waals surface area contributed by atoms with Crippen LogP contribution >= 0.6 is 24.4 Å². The second kappa shape index (κ2) is 9.23. The highest BCUT2D eigenvalue weighted by Gasteiger charge is 2.26. The molecule has 1 aliphatic heterocycles. The molecule has 0 saturated carbocycles. The molecule has 0 radical (unpaired) electrons. The zero-order valence-electron chi connectivity index (χ0n) is 9.45. The van der Waals surface area contributed by atoms with Crippen molar-refractivity contribution in [2.45, 2.75) is 52.5 Å². The van der Waals surface area contributed by atoms with Gasteiger partial charge in [0.25, 0.3) is 5.24 Å². The van der Waals surface area contributed by atoms with Gasteiger partial charge in [-0.25, -0.2) is 0 Å². The molecule has 0 aromatic heterocycles. The summed E-state index contributed by atoms with van der Waals surface area (Å²) in [6, 6.07) is 0.378. The second-order valence-electron chi connectivity index (χ2n) is 3.99. The van der Waals surface area contributed by atoms with Crippen LogP contribution in [0.25, 0.3) is 0 Å². The first kappa shape index (κ1) is 16.2. The molecule has 0 N–H and O–H groups in total. The molecule has 1 unspecified atom stereocenters. The fourth-order valence-electron chi connectivity index (χ4n) is 1.84. The first-order chi connectivity index (χ1) is 7.29. The predicted octanol–water partition coefficient (Wildman–Crippen LogP) is 4.06. The molecule has 1 amide bonds. The molecular formula is C12H25NOS2. The average Bonchev–Trinajstić information content (AvgIpc) is 2.26. The molecule has 2 nitrogen and oxygen atoms in total. The lowest BCUT2D eigenvalue weighted by Gasteiger charge is -2.34. The first-order valence-electron chi connectivity index (χ1n) is 5.83. The van der Waals surface area contributed by atoms with E-state index >= 15 is 0 Å². The van der Waals surface area contributed by atoms with Gasteiger partial charge in [-0.05, 0) is 12.8 Å². The largest absolute Gasteiger partial charge is 0.330 e. The van der Waals surface area contributed by atoms with E-state index in [1.54, 1.807) is 0 Å². The van der Waals surface area contributed by atoms with Gasteiger partial charge in [0.05, 0.1) is 0 Å². The molecular weight excluding hydrogens is 238 g/mol. The Morgan fingerprint density at radius 2 is 2.19 bits per heavy atom. The van der Waals surface area contributed by atoms with Crippen molar-refractivity contribution in [3.05, 3.63) is 0 Å². The molecule has 1 atom stereocenters. The zero-order chi connectivity index (χ0) is 11.1. The van der Waals surface area contributed by atoms with Gasteiger partial charge in [-0.2, -0.15) is 12.6 Å². The van der Waals surface area contributed by atoms with Crippen LogP contribution in [-0.2, 0) is 0 Å². The van der Waals surface area contributed by atoms with Crippen LogP contribution in [0.2, 0.25) is 0 Å². The Hall–Kier alpha value is 0.170. The summed E-state index contributed by atoms with van der Waals surface area (Å²) in [5, 5.41) is 0.261. The van der Waals surface area contributed by atoms with E-state index in [9.17, 15) is 4.79 Å². The van der Waals surface area contributed by atoms with Gasteiger partial charge in [0, 0.05) is 24.1 Å². The monoisotopic (exact) mass is 263 g/mol. The minimum absolute atomic E-state index is 0. The molecule has 0 spiro atoms. The molecule has 0 aromatic rings. The van der Waals surface area contributed by atoms with Crippen molar-refractivity contribution < 1.29 is 4.79 Å². The summed E-state index contributed by atoms with van der Waals surface area (Å²) < 4.78 is 0. The molecule has 16 heavy (non-hydrogen) atoms. The van der Waals surface area contributed by atoms with Crippen molar-refractivity contribution in [1.29, 1.82) is 0 Å². The third kappa shape index (κ3) is 5.00. The zero-order valence-corrected chi connectivity index (χ0v) is 11.2. The number of carbonyl (C=O) groups excluding carboxylic acids is 1. The van der Waals surface area contributed by atoms with E-state index in [0.717, 1.165) is 30.9 Å². The van der Waals surface area contributed by atoms with Crippen LogP contribution in [0.15, 0.2) is 0 Å².